The molecule has 0 spiro atoms. The lowest BCUT2D eigenvalue weighted by atomic mass is 9.90. The first-order chi connectivity index (χ1) is 9.74. The normalized spacial score (nSPS) is 19.7. The average molecular weight is 305 g/mol. The molecule has 0 saturated carbocycles. The van der Waals surface area contributed by atoms with E-state index in [4.69, 9.17) is 23.2 Å². The van der Waals surface area contributed by atoms with Crippen molar-refractivity contribution in [2.75, 3.05) is 23.3 Å². The summed E-state index contributed by atoms with van der Waals surface area (Å²) in [6.07, 6.45) is 1.08. The zero-order valence-electron chi connectivity index (χ0n) is 10.9. The van der Waals surface area contributed by atoms with Crippen LogP contribution in [0.5, 0.6) is 0 Å². The Morgan fingerprint density at radius 1 is 1.10 bits per heavy atom. The summed E-state index contributed by atoms with van der Waals surface area (Å²) in [5.41, 5.74) is 5.11. The fourth-order valence-corrected chi connectivity index (χ4v) is 3.60. The quantitative estimate of drug-likeness (QED) is 0.769. The number of nitrogens with one attached hydrogen (secondary N) is 1. The van der Waals surface area contributed by atoms with Gasteiger partial charge in [-0.25, -0.2) is 0 Å². The third-order valence-electron chi connectivity index (χ3n) is 4.25. The van der Waals surface area contributed by atoms with Gasteiger partial charge in [-0.3, -0.25) is 0 Å². The highest BCUT2D eigenvalue weighted by atomic mass is 35.5. The summed E-state index contributed by atoms with van der Waals surface area (Å²) < 4.78 is 0. The lowest BCUT2D eigenvalue weighted by molar-refractivity contribution is 0.591. The second-order valence-electron chi connectivity index (χ2n) is 5.32. The standard InChI is InChI=1S/C16H14Cl2N2/c17-12-7-14-15(8-13(12)18)20-6-5-10-3-1-2-4-11(10)16(20)9-19-14/h1-4,7-8,16,19H,5-6,9H2. The maximum absolute atomic E-state index is 6.19. The van der Waals surface area contributed by atoms with Crippen molar-refractivity contribution in [3.8, 4) is 0 Å². The van der Waals surface area contributed by atoms with Gasteiger partial charge in [0.25, 0.3) is 0 Å². The van der Waals surface area contributed by atoms with Gasteiger partial charge in [0.05, 0.1) is 27.5 Å². The molecular weight excluding hydrogens is 291 g/mol. The summed E-state index contributed by atoms with van der Waals surface area (Å²) in [7, 11) is 0. The Morgan fingerprint density at radius 3 is 2.80 bits per heavy atom. The molecule has 1 unspecified atom stereocenters. The highest BCUT2D eigenvalue weighted by Gasteiger charge is 2.32. The van der Waals surface area contributed by atoms with E-state index >= 15 is 0 Å². The van der Waals surface area contributed by atoms with E-state index in [1.54, 1.807) is 0 Å². The number of halogens is 2. The van der Waals surface area contributed by atoms with Crippen LogP contribution in [-0.4, -0.2) is 13.1 Å². The van der Waals surface area contributed by atoms with E-state index in [2.05, 4.69) is 34.5 Å². The third kappa shape index (κ3) is 1.79. The molecule has 0 aliphatic carbocycles. The summed E-state index contributed by atoms with van der Waals surface area (Å²) in [6.45, 7) is 1.93. The summed E-state index contributed by atoms with van der Waals surface area (Å²) in [5, 5.41) is 4.71. The first kappa shape index (κ1) is 12.4. The van der Waals surface area contributed by atoms with E-state index < -0.39 is 0 Å². The topological polar surface area (TPSA) is 15.3 Å². The van der Waals surface area contributed by atoms with Gasteiger partial charge in [-0.05, 0) is 29.7 Å². The largest absolute Gasteiger partial charge is 0.381 e. The third-order valence-corrected chi connectivity index (χ3v) is 4.97. The second kappa shape index (κ2) is 4.57. The van der Waals surface area contributed by atoms with E-state index in [0.29, 0.717) is 16.1 Å². The minimum absolute atomic E-state index is 0.379. The van der Waals surface area contributed by atoms with Crippen molar-refractivity contribution in [3.05, 3.63) is 57.6 Å². The maximum atomic E-state index is 6.19. The van der Waals surface area contributed by atoms with Crippen LogP contribution < -0.4 is 10.2 Å². The number of nitrogens with zero attached hydrogens (tertiary/aromatic N) is 1. The van der Waals surface area contributed by atoms with Crippen molar-refractivity contribution in [1.29, 1.82) is 0 Å². The molecule has 20 heavy (non-hydrogen) atoms. The molecular formula is C16H14Cl2N2. The van der Waals surface area contributed by atoms with Gasteiger partial charge in [-0.2, -0.15) is 0 Å². The number of rotatable bonds is 0. The van der Waals surface area contributed by atoms with Crippen LogP contribution >= 0.6 is 23.2 Å². The molecule has 2 aromatic carbocycles. The Kier molecular flexibility index (Phi) is 2.83. The first-order valence-corrected chi connectivity index (χ1v) is 7.57. The molecule has 1 N–H and O–H groups in total. The molecule has 4 rings (SSSR count). The summed E-state index contributed by atoms with van der Waals surface area (Å²) in [6, 6.07) is 13.0. The van der Waals surface area contributed by atoms with E-state index in [1.165, 1.54) is 11.1 Å². The molecule has 0 fully saturated rings. The molecule has 0 aromatic heterocycles. The van der Waals surface area contributed by atoms with Crippen molar-refractivity contribution in [2.24, 2.45) is 0 Å². The van der Waals surface area contributed by atoms with Crippen LogP contribution in [0.15, 0.2) is 36.4 Å². The van der Waals surface area contributed by atoms with Crippen LogP contribution in [-0.2, 0) is 6.42 Å². The molecule has 4 heteroatoms. The van der Waals surface area contributed by atoms with Crippen LogP contribution in [0.25, 0.3) is 0 Å². The minimum Gasteiger partial charge on any atom is -0.381 e. The van der Waals surface area contributed by atoms with Crippen molar-refractivity contribution in [3.63, 3.8) is 0 Å². The van der Waals surface area contributed by atoms with Gasteiger partial charge in [-0.1, -0.05) is 47.5 Å². The SMILES string of the molecule is Clc1cc2c(cc1Cl)N1CCc3ccccc3C1CN2. The Bertz CT molecular complexity index is 684. The Balaban J connectivity index is 1.82. The van der Waals surface area contributed by atoms with E-state index in [1.807, 2.05) is 12.1 Å². The van der Waals surface area contributed by atoms with E-state index in [-0.39, 0.29) is 0 Å². The Labute approximate surface area is 128 Å². The van der Waals surface area contributed by atoms with Crippen molar-refractivity contribution in [1.82, 2.24) is 0 Å². The van der Waals surface area contributed by atoms with Crippen LogP contribution in [0.4, 0.5) is 11.4 Å². The number of hydrogen-bond acceptors (Lipinski definition) is 2. The molecule has 0 saturated heterocycles. The molecule has 2 aromatic rings. The minimum atomic E-state index is 0.379. The van der Waals surface area contributed by atoms with E-state index in [0.717, 1.165) is 30.9 Å². The van der Waals surface area contributed by atoms with Crippen molar-refractivity contribution in [2.45, 2.75) is 12.5 Å². The van der Waals surface area contributed by atoms with Crippen molar-refractivity contribution < 1.29 is 0 Å². The van der Waals surface area contributed by atoms with Gasteiger partial charge in [0.2, 0.25) is 0 Å². The molecule has 1 atom stereocenters. The van der Waals surface area contributed by atoms with Gasteiger partial charge in [0, 0.05) is 13.1 Å². The molecule has 0 radical (unpaired) electrons. The molecule has 0 bridgehead atoms. The van der Waals surface area contributed by atoms with Crippen LogP contribution in [0.1, 0.15) is 17.2 Å². The Morgan fingerprint density at radius 2 is 1.90 bits per heavy atom. The highest BCUT2D eigenvalue weighted by Crippen LogP contribution is 2.43. The van der Waals surface area contributed by atoms with Crippen LogP contribution in [0.2, 0.25) is 10.0 Å². The molecule has 2 aliphatic rings. The Hall–Kier alpha value is -1.38. The molecule has 2 heterocycles. The van der Waals surface area contributed by atoms with Crippen LogP contribution in [0, 0.1) is 0 Å². The van der Waals surface area contributed by atoms with Gasteiger partial charge in [0.15, 0.2) is 0 Å². The highest BCUT2D eigenvalue weighted by molar-refractivity contribution is 6.42. The maximum Gasteiger partial charge on any atom is 0.0718 e. The number of anilines is 2. The van der Waals surface area contributed by atoms with Gasteiger partial charge >= 0.3 is 0 Å². The monoisotopic (exact) mass is 304 g/mol. The lowest BCUT2D eigenvalue weighted by Crippen LogP contribution is -2.42. The zero-order valence-corrected chi connectivity index (χ0v) is 12.4. The predicted octanol–water partition coefficient (Wildman–Crippen LogP) is 4.52. The summed E-state index contributed by atoms with van der Waals surface area (Å²) in [5.74, 6) is 0. The lowest BCUT2D eigenvalue weighted by Gasteiger charge is -2.43. The molecule has 2 nitrogen and oxygen atoms in total. The smallest absolute Gasteiger partial charge is 0.0718 e. The fourth-order valence-electron chi connectivity index (χ4n) is 3.28. The average Bonchev–Trinajstić information content (AvgIpc) is 2.48. The predicted molar refractivity (Wildman–Crippen MR) is 85.2 cm³/mol. The second-order valence-corrected chi connectivity index (χ2v) is 6.14. The zero-order chi connectivity index (χ0) is 13.7. The summed E-state index contributed by atoms with van der Waals surface area (Å²) in [4.78, 5) is 2.44. The van der Waals surface area contributed by atoms with Crippen LogP contribution in [0.3, 0.4) is 0 Å². The molecule has 102 valence electrons. The number of benzene rings is 2. The van der Waals surface area contributed by atoms with Gasteiger partial charge in [-0.15, -0.1) is 0 Å². The fraction of sp³-hybridized carbons (Fsp3) is 0.250. The number of fused-ring (bicyclic) bond motifs is 5. The van der Waals surface area contributed by atoms with Gasteiger partial charge < -0.3 is 10.2 Å². The van der Waals surface area contributed by atoms with Gasteiger partial charge in [0.1, 0.15) is 0 Å². The summed E-state index contributed by atoms with van der Waals surface area (Å²) >= 11 is 12.3. The number of hydrogen-bond donors (Lipinski definition) is 1. The molecule has 0 amide bonds. The molecule has 2 aliphatic heterocycles. The van der Waals surface area contributed by atoms with Crippen molar-refractivity contribution >= 4 is 34.6 Å². The first-order valence-electron chi connectivity index (χ1n) is 6.81. The van der Waals surface area contributed by atoms with E-state index in [9.17, 15) is 0 Å².